The molecule has 2 nitrogen and oxygen atoms in total. The van der Waals surface area contributed by atoms with Crippen LogP contribution in [0.2, 0.25) is 5.02 Å². The summed E-state index contributed by atoms with van der Waals surface area (Å²) in [5, 5.41) is 10.4. The number of hydrogen-bond donors (Lipinski definition) is 1. The molecule has 0 heterocycles. The van der Waals surface area contributed by atoms with E-state index in [9.17, 15) is 5.11 Å². The van der Waals surface area contributed by atoms with E-state index < -0.39 is 6.10 Å². The Bertz CT molecular complexity index is 328. The molecule has 0 aromatic heterocycles. The van der Waals surface area contributed by atoms with Crippen LogP contribution in [-0.2, 0) is 4.74 Å². The lowest BCUT2D eigenvalue weighted by atomic mass is 10.1. The molecule has 0 fully saturated rings. The summed E-state index contributed by atoms with van der Waals surface area (Å²) in [6.07, 6.45) is -0.489. The second-order valence-corrected chi connectivity index (χ2v) is 4.83. The minimum atomic E-state index is -0.610. The Morgan fingerprint density at radius 2 is 2.13 bits per heavy atom. The summed E-state index contributed by atoms with van der Waals surface area (Å²) >= 11 is 9.16. The van der Waals surface area contributed by atoms with Gasteiger partial charge in [-0.2, -0.15) is 0 Å². The van der Waals surface area contributed by atoms with E-state index in [2.05, 4.69) is 15.9 Å². The van der Waals surface area contributed by atoms with Crippen molar-refractivity contribution in [1.82, 2.24) is 0 Å². The van der Waals surface area contributed by atoms with Gasteiger partial charge in [-0.25, -0.2) is 0 Å². The molecule has 0 bridgehead atoms. The minimum Gasteiger partial charge on any atom is -0.386 e. The normalized spacial score (nSPS) is 13.2. The monoisotopic (exact) mass is 292 g/mol. The molecule has 1 atom stereocenters. The van der Waals surface area contributed by atoms with Crippen molar-refractivity contribution >= 4 is 27.5 Å². The first kappa shape index (κ1) is 13.0. The molecular formula is C11H14BrClO2. The predicted octanol–water partition coefficient (Wildman–Crippen LogP) is 3.56. The predicted molar refractivity (Wildman–Crippen MR) is 65.2 cm³/mol. The summed E-state index contributed by atoms with van der Waals surface area (Å²) in [7, 11) is 0. The minimum absolute atomic E-state index is 0.121. The lowest BCUT2D eigenvalue weighted by Gasteiger charge is -2.14. The van der Waals surface area contributed by atoms with Crippen LogP contribution in [0.5, 0.6) is 0 Å². The van der Waals surface area contributed by atoms with Gasteiger partial charge in [0, 0.05) is 4.47 Å². The average molecular weight is 294 g/mol. The standard InChI is InChI=1S/C11H14BrClO2/c1-7(2)15-6-11(14)8-3-4-10(13)9(12)5-8/h3-5,7,11,14H,6H2,1-2H3. The van der Waals surface area contributed by atoms with Gasteiger partial charge in [-0.05, 0) is 47.5 Å². The zero-order valence-corrected chi connectivity index (χ0v) is 11.0. The Morgan fingerprint density at radius 1 is 1.47 bits per heavy atom. The molecule has 1 unspecified atom stereocenters. The van der Waals surface area contributed by atoms with Gasteiger partial charge in [0.2, 0.25) is 0 Å². The van der Waals surface area contributed by atoms with Gasteiger partial charge in [0.15, 0.2) is 0 Å². The SMILES string of the molecule is CC(C)OCC(O)c1ccc(Cl)c(Br)c1. The van der Waals surface area contributed by atoms with Crippen LogP contribution < -0.4 is 0 Å². The van der Waals surface area contributed by atoms with Crippen molar-refractivity contribution in [3.05, 3.63) is 33.3 Å². The summed E-state index contributed by atoms with van der Waals surface area (Å²) < 4.78 is 6.11. The molecule has 1 N–H and O–H groups in total. The molecule has 1 rings (SSSR count). The van der Waals surface area contributed by atoms with Crippen LogP contribution in [0.15, 0.2) is 22.7 Å². The molecule has 0 spiro atoms. The molecule has 15 heavy (non-hydrogen) atoms. The van der Waals surface area contributed by atoms with Crippen LogP contribution in [0, 0.1) is 0 Å². The third-order valence-electron chi connectivity index (χ3n) is 1.92. The lowest BCUT2D eigenvalue weighted by Crippen LogP contribution is -2.11. The second-order valence-electron chi connectivity index (χ2n) is 3.57. The highest BCUT2D eigenvalue weighted by atomic mass is 79.9. The third kappa shape index (κ3) is 4.11. The first-order chi connectivity index (χ1) is 7.00. The molecule has 84 valence electrons. The molecule has 0 aliphatic heterocycles. The maximum Gasteiger partial charge on any atom is 0.102 e. The van der Waals surface area contributed by atoms with Gasteiger partial charge in [0.1, 0.15) is 6.10 Å². The number of ether oxygens (including phenoxy) is 1. The smallest absolute Gasteiger partial charge is 0.102 e. The van der Waals surface area contributed by atoms with E-state index in [0.29, 0.717) is 11.6 Å². The fourth-order valence-electron chi connectivity index (χ4n) is 1.10. The molecule has 0 aliphatic carbocycles. The maximum absolute atomic E-state index is 9.80. The van der Waals surface area contributed by atoms with Gasteiger partial charge in [-0.15, -0.1) is 0 Å². The van der Waals surface area contributed by atoms with E-state index in [4.69, 9.17) is 16.3 Å². The van der Waals surface area contributed by atoms with E-state index in [1.165, 1.54) is 0 Å². The quantitative estimate of drug-likeness (QED) is 0.920. The van der Waals surface area contributed by atoms with Crippen LogP contribution in [-0.4, -0.2) is 17.8 Å². The Hall–Kier alpha value is -0.0900. The third-order valence-corrected chi connectivity index (χ3v) is 3.13. The number of hydrogen-bond acceptors (Lipinski definition) is 2. The summed E-state index contributed by atoms with van der Waals surface area (Å²) in [6, 6.07) is 5.34. The van der Waals surface area contributed by atoms with Crippen LogP contribution in [0.25, 0.3) is 0 Å². The van der Waals surface area contributed by atoms with Crippen molar-refractivity contribution in [2.45, 2.75) is 26.1 Å². The van der Waals surface area contributed by atoms with Crippen molar-refractivity contribution in [2.75, 3.05) is 6.61 Å². The molecular weight excluding hydrogens is 279 g/mol. The summed E-state index contributed by atoms with van der Waals surface area (Å²) in [5.74, 6) is 0. The van der Waals surface area contributed by atoms with Crippen molar-refractivity contribution < 1.29 is 9.84 Å². The maximum atomic E-state index is 9.80. The number of rotatable bonds is 4. The fourth-order valence-corrected chi connectivity index (χ4v) is 1.61. The highest BCUT2D eigenvalue weighted by Crippen LogP contribution is 2.26. The van der Waals surface area contributed by atoms with E-state index in [1.54, 1.807) is 18.2 Å². The first-order valence-corrected chi connectivity index (χ1v) is 5.92. The van der Waals surface area contributed by atoms with Gasteiger partial charge in [0.25, 0.3) is 0 Å². The largest absolute Gasteiger partial charge is 0.386 e. The highest BCUT2D eigenvalue weighted by Gasteiger charge is 2.10. The number of benzene rings is 1. The molecule has 0 amide bonds. The van der Waals surface area contributed by atoms with Gasteiger partial charge in [-0.3, -0.25) is 0 Å². The average Bonchev–Trinajstić information content (AvgIpc) is 2.18. The lowest BCUT2D eigenvalue weighted by molar-refractivity contribution is 0.00491. The van der Waals surface area contributed by atoms with E-state index in [-0.39, 0.29) is 6.10 Å². The fraction of sp³-hybridized carbons (Fsp3) is 0.455. The zero-order chi connectivity index (χ0) is 11.4. The first-order valence-electron chi connectivity index (χ1n) is 4.75. The molecule has 0 aliphatic rings. The number of halogens is 2. The summed E-state index contributed by atoms with van der Waals surface area (Å²) in [5.41, 5.74) is 0.798. The number of aliphatic hydroxyl groups is 1. The van der Waals surface area contributed by atoms with Gasteiger partial charge >= 0.3 is 0 Å². The Labute approximate surface area is 103 Å². The van der Waals surface area contributed by atoms with Crippen molar-refractivity contribution in [2.24, 2.45) is 0 Å². The zero-order valence-electron chi connectivity index (χ0n) is 8.71. The molecule has 1 aromatic rings. The van der Waals surface area contributed by atoms with E-state index in [0.717, 1.165) is 10.0 Å². The summed E-state index contributed by atoms with van der Waals surface area (Å²) in [4.78, 5) is 0. The van der Waals surface area contributed by atoms with Crippen molar-refractivity contribution in [3.63, 3.8) is 0 Å². The summed E-state index contributed by atoms with van der Waals surface area (Å²) in [6.45, 7) is 4.17. The van der Waals surface area contributed by atoms with Crippen molar-refractivity contribution in [3.8, 4) is 0 Å². The van der Waals surface area contributed by atoms with Crippen LogP contribution in [0.3, 0.4) is 0 Å². The molecule has 4 heteroatoms. The molecule has 0 saturated carbocycles. The van der Waals surface area contributed by atoms with Crippen LogP contribution in [0.1, 0.15) is 25.5 Å². The molecule has 1 aromatic carbocycles. The topological polar surface area (TPSA) is 29.5 Å². The van der Waals surface area contributed by atoms with Gasteiger partial charge in [0.05, 0.1) is 17.7 Å². The Kier molecular flexibility index (Phi) is 5.06. The van der Waals surface area contributed by atoms with Crippen LogP contribution >= 0.6 is 27.5 Å². The Balaban J connectivity index is 2.65. The van der Waals surface area contributed by atoms with Crippen LogP contribution in [0.4, 0.5) is 0 Å². The van der Waals surface area contributed by atoms with E-state index in [1.807, 2.05) is 13.8 Å². The number of aliphatic hydroxyl groups excluding tert-OH is 1. The Morgan fingerprint density at radius 3 is 2.67 bits per heavy atom. The highest BCUT2D eigenvalue weighted by molar-refractivity contribution is 9.10. The van der Waals surface area contributed by atoms with Gasteiger partial charge < -0.3 is 9.84 Å². The molecule has 0 radical (unpaired) electrons. The second kappa shape index (κ2) is 5.85. The van der Waals surface area contributed by atoms with Gasteiger partial charge in [-0.1, -0.05) is 17.7 Å². The van der Waals surface area contributed by atoms with E-state index >= 15 is 0 Å². The van der Waals surface area contributed by atoms with Crippen molar-refractivity contribution in [1.29, 1.82) is 0 Å². The molecule has 0 saturated heterocycles.